The van der Waals surface area contributed by atoms with Crippen LogP contribution in [0.3, 0.4) is 0 Å². The lowest BCUT2D eigenvalue weighted by Crippen LogP contribution is -2.17. The van der Waals surface area contributed by atoms with Crippen molar-refractivity contribution in [2.75, 3.05) is 11.9 Å². The standard InChI is InChI=1S/C39H38ClN/c1-6-7-14-26(27-15-9-8-10-16-27)17-11-12-22-41-28-20-21-29-30-24-35-31(25-34(30)39(4,5)33(29)23-28)37-32(38(35,2)3)18-13-19-36(37)40/h6,8-11,13-21,23-25,41H,1,7,12,22H2,2-5H3/b17-11-,26-14+. The maximum atomic E-state index is 6.78. The summed E-state index contributed by atoms with van der Waals surface area (Å²) in [5, 5.41) is 4.51. The molecule has 6 rings (SSSR count). The molecule has 0 saturated heterocycles. The third kappa shape index (κ3) is 4.67. The molecule has 0 spiro atoms. The minimum atomic E-state index is -0.0913. The van der Waals surface area contributed by atoms with Crippen molar-refractivity contribution in [1.29, 1.82) is 0 Å². The summed E-state index contributed by atoms with van der Waals surface area (Å²) in [4.78, 5) is 0. The zero-order valence-electron chi connectivity index (χ0n) is 24.5. The van der Waals surface area contributed by atoms with Gasteiger partial charge in [-0.05, 0) is 93.3 Å². The predicted molar refractivity (Wildman–Crippen MR) is 178 cm³/mol. The van der Waals surface area contributed by atoms with Gasteiger partial charge >= 0.3 is 0 Å². The van der Waals surface area contributed by atoms with Crippen molar-refractivity contribution >= 4 is 22.9 Å². The van der Waals surface area contributed by atoms with Gasteiger partial charge in [-0.1, -0.05) is 112 Å². The lowest BCUT2D eigenvalue weighted by Gasteiger charge is -2.24. The summed E-state index contributed by atoms with van der Waals surface area (Å²) in [6, 6.07) is 28.6. The normalized spacial score (nSPS) is 15.8. The molecule has 0 aliphatic heterocycles. The fourth-order valence-corrected chi connectivity index (χ4v) is 6.99. The Kier molecular flexibility index (Phi) is 7.04. The first kappa shape index (κ1) is 27.4. The molecule has 0 fully saturated rings. The van der Waals surface area contributed by atoms with Crippen LogP contribution in [0, 0.1) is 0 Å². The molecule has 0 amide bonds. The van der Waals surface area contributed by atoms with Crippen molar-refractivity contribution in [3.05, 3.63) is 143 Å². The van der Waals surface area contributed by atoms with Crippen LogP contribution in [0.2, 0.25) is 5.02 Å². The van der Waals surface area contributed by atoms with Gasteiger partial charge in [-0.2, -0.15) is 0 Å². The fraction of sp³-hybridized carbons (Fsp3) is 0.231. The molecule has 0 saturated carbocycles. The molecule has 0 heterocycles. The van der Waals surface area contributed by atoms with Crippen LogP contribution in [0.4, 0.5) is 5.69 Å². The summed E-state index contributed by atoms with van der Waals surface area (Å²) in [5.74, 6) is 0. The van der Waals surface area contributed by atoms with Crippen LogP contribution in [-0.4, -0.2) is 6.54 Å². The average molecular weight is 556 g/mol. The van der Waals surface area contributed by atoms with E-state index in [2.05, 4.69) is 131 Å². The molecule has 4 aromatic rings. The first-order valence-corrected chi connectivity index (χ1v) is 15.0. The van der Waals surface area contributed by atoms with Gasteiger partial charge in [0.1, 0.15) is 0 Å². The number of allylic oxidation sites excluding steroid dienone is 4. The van der Waals surface area contributed by atoms with Gasteiger partial charge in [0.05, 0.1) is 0 Å². The number of halogens is 1. The van der Waals surface area contributed by atoms with Gasteiger partial charge in [-0.3, -0.25) is 0 Å². The maximum absolute atomic E-state index is 6.78. The largest absolute Gasteiger partial charge is 0.385 e. The predicted octanol–water partition coefficient (Wildman–Crippen LogP) is 11.0. The van der Waals surface area contributed by atoms with Gasteiger partial charge in [-0.25, -0.2) is 0 Å². The van der Waals surface area contributed by atoms with E-state index in [1.807, 2.05) is 12.1 Å². The molecule has 0 atom stereocenters. The first-order valence-electron chi connectivity index (χ1n) is 14.6. The summed E-state index contributed by atoms with van der Waals surface area (Å²) < 4.78 is 0. The second-order valence-electron chi connectivity index (χ2n) is 12.3. The molecular formula is C39H38ClN. The quantitative estimate of drug-likeness (QED) is 0.129. The Morgan fingerprint density at radius 3 is 2.27 bits per heavy atom. The van der Waals surface area contributed by atoms with E-state index in [1.165, 1.54) is 61.3 Å². The highest BCUT2D eigenvalue weighted by Gasteiger charge is 2.42. The molecule has 0 bridgehead atoms. The van der Waals surface area contributed by atoms with E-state index in [0.717, 1.165) is 24.4 Å². The smallest absolute Gasteiger partial charge is 0.0487 e. The Morgan fingerprint density at radius 1 is 0.780 bits per heavy atom. The van der Waals surface area contributed by atoms with Crippen LogP contribution in [0.1, 0.15) is 68.4 Å². The number of anilines is 1. The third-order valence-corrected chi connectivity index (χ3v) is 9.31. The molecular weight excluding hydrogens is 518 g/mol. The van der Waals surface area contributed by atoms with Crippen molar-refractivity contribution in [3.63, 3.8) is 0 Å². The van der Waals surface area contributed by atoms with E-state index in [4.69, 9.17) is 11.6 Å². The Balaban J connectivity index is 1.22. The summed E-state index contributed by atoms with van der Waals surface area (Å²) in [6.45, 7) is 14.1. The molecule has 2 heteroatoms. The molecule has 206 valence electrons. The molecule has 4 aromatic carbocycles. The minimum absolute atomic E-state index is 0.0756. The maximum Gasteiger partial charge on any atom is 0.0487 e. The fourth-order valence-electron chi connectivity index (χ4n) is 6.71. The van der Waals surface area contributed by atoms with Gasteiger partial charge in [0.15, 0.2) is 0 Å². The summed E-state index contributed by atoms with van der Waals surface area (Å²) in [7, 11) is 0. The molecule has 0 unspecified atom stereocenters. The molecule has 2 aliphatic carbocycles. The van der Waals surface area contributed by atoms with E-state index in [0.29, 0.717) is 0 Å². The molecule has 2 aliphatic rings. The number of hydrogen-bond donors (Lipinski definition) is 1. The second-order valence-corrected chi connectivity index (χ2v) is 12.7. The van der Waals surface area contributed by atoms with Gasteiger partial charge in [0.25, 0.3) is 0 Å². The number of hydrogen-bond acceptors (Lipinski definition) is 1. The summed E-state index contributed by atoms with van der Waals surface area (Å²) >= 11 is 6.78. The Hall–Kier alpha value is -3.81. The zero-order valence-corrected chi connectivity index (χ0v) is 25.3. The van der Waals surface area contributed by atoms with Gasteiger partial charge in [0.2, 0.25) is 0 Å². The van der Waals surface area contributed by atoms with Crippen molar-refractivity contribution in [2.24, 2.45) is 0 Å². The Morgan fingerprint density at radius 2 is 1.49 bits per heavy atom. The second kappa shape index (κ2) is 10.5. The van der Waals surface area contributed by atoms with Crippen LogP contribution < -0.4 is 5.32 Å². The van der Waals surface area contributed by atoms with Crippen molar-refractivity contribution < 1.29 is 0 Å². The van der Waals surface area contributed by atoms with Crippen molar-refractivity contribution in [1.82, 2.24) is 0 Å². The monoisotopic (exact) mass is 555 g/mol. The summed E-state index contributed by atoms with van der Waals surface area (Å²) in [5.41, 5.74) is 14.1. The minimum Gasteiger partial charge on any atom is -0.385 e. The van der Waals surface area contributed by atoms with Crippen molar-refractivity contribution in [2.45, 2.75) is 51.4 Å². The highest BCUT2D eigenvalue weighted by atomic mass is 35.5. The van der Waals surface area contributed by atoms with E-state index in [-0.39, 0.29) is 10.8 Å². The number of fused-ring (bicyclic) bond motifs is 6. The van der Waals surface area contributed by atoms with Crippen LogP contribution in [0.5, 0.6) is 0 Å². The van der Waals surface area contributed by atoms with Crippen LogP contribution in [0.15, 0.2) is 110 Å². The van der Waals surface area contributed by atoms with Crippen molar-refractivity contribution in [3.8, 4) is 22.3 Å². The number of rotatable bonds is 8. The highest BCUT2D eigenvalue weighted by molar-refractivity contribution is 6.34. The molecule has 41 heavy (non-hydrogen) atoms. The molecule has 1 nitrogen and oxygen atoms in total. The highest BCUT2D eigenvalue weighted by Crippen LogP contribution is 2.57. The number of benzene rings is 4. The number of nitrogens with one attached hydrogen (secondary N) is 1. The molecule has 0 radical (unpaired) electrons. The SMILES string of the molecule is C=CC/C=C(\C=C/CCNc1ccc2c(c1)C(C)(C)c1cc3c(cc1-2)C(C)(C)c1cccc(Cl)c1-3)c1ccccc1. The first-order chi connectivity index (χ1) is 19.7. The van der Waals surface area contributed by atoms with Gasteiger partial charge < -0.3 is 5.32 Å². The Bertz CT molecular complexity index is 1700. The summed E-state index contributed by atoms with van der Waals surface area (Å²) in [6.07, 6.45) is 10.5. The van der Waals surface area contributed by atoms with Gasteiger partial charge in [0, 0.05) is 33.6 Å². The lowest BCUT2D eigenvalue weighted by atomic mass is 9.79. The van der Waals surface area contributed by atoms with E-state index in [1.54, 1.807) is 0 Å². The van der Waals surface area contributed by atoms with Gasteiger partial charge in [-0.15, -0.1) is 6.58 Å². The van der Waals surface area contributed by atoms with Crippen LogP contribution >= 0.6 is 11.6 Å². The van der Waals surface area contributed by atoms with Crippen LogP contribution in [0.25, 0.3) is 27.8 Å². The van der Waals surface area contributed by atoms with E-state index >= 15 is 0 Å². The third-order valence-electron chi connectivity index (χ3n) is 8.99. The lowest BCUT2D eigenvalue weighted by molar-refractivity contribution is 0.652. The van der Waals surface area contributed by atoms with E-state index < -0.39 is 0 Å². The van der Waals surface area contributed by atoms with Crippen LogP contribution in [-0.2, 0) is 10.8 Å². The Labute approximate surface area is 250 Å². The molecule has 0 aromatic heterocycles. The zero-order chi connectivity index (χ0) is 28.8. The van der Waals surface area contributed by atoms with E-state index in [9.17, 15) is 0 Å². The molecule has 1 N–H and O–H groups in total. The topological polar surface area (TPSA) is 12.0 Å². The average Bonchev–Trinajstić information content (AvgIpc) is 3.33.